The number of nitrogens with two attached hydrogens (primary N) is 1. The molecule has 2 nitrogen and oxygen atoms in total. The first-order chi connectivity index (χ1) is 4.84. The highest BCUT2D eigenvalue weighted by molar-refractivity contribution is 7.73. The van der Waals surface area contributed by atoms with Gasteiger partial charge in [-0.05, 0) is 12.1 Å². The van der Waals surface area contributed by atoms with Crippen LogP contribution in [0.3, 0.4) is 0 Å². The van der Waals surface area contributed by atoms with Crippen molar-refractivity contribution in [2.75, 3.05) is 0 Å². The van der Waals surface area contributed by atoms with Gasteiger partial charge in [0.2, 0.25) is 0 Å². The molecule has 0 unspecified atom stereocenters. The Hall–Kier alpha value is -0.800. The van der Waals surface area contributed by atoms with Gasteiger partial charge in [-0.2, -0.15) is 0 Å². The zero-order valence-corrected chi connectivity index (χ0v) is 6.21. The van der Waals surface area contributed by atoms with E-state index in [9.17, 15) is 4.79 Å². The maximum atomic E-state index is 10.9. The average Bonchev–Trinajstić information content (AvgIpc) is 2.05. The van der Waals surface area contributed by atoms with Crippen LogP contribution in [-0.4, -0.2) is 5.91 Å². The predicted molar refractivity (Wildman–Crippen MR) is 41.7 cm³/mol. The van der Waals surface area contributed by atoms with E-state index in [0.29, 0.717) is 5.56 Å². The van der Waals surface area contributed by atoms with Crippen molar-refractivity contribution in [1.82, 2.24) is 0 Å². The molecule has 0 aromatic heterocycles. The van der Waals surface area contributed by atoms with E-state index < -0.39 is 0 Å². The highest BCUT2D eigenvalue weighted by atomic mass is 32.1. The van der Waals surface area contributed by atoms with E-state index in [1.807, 2.05) is 18.2 Å². The van der Waals surface area contributed by atoms with E-state index >= 15 is 0 Å². The number of carbonyl (C=O) groups is 1. The Labute approximate surface area is 64.8 Å². The SMILES string of the molecule is O=C([NH2+]S)c1ccccc1. The summed E-state index contributed by atoms with van der Waals surface area (Å²) < 4.78 is 1.26. The summed E-state index contributed by atoms with van der Waals surface area (Å²) in [5, 5.41) is 0. The number of hydrogen-bond donors (Lipinski definition) is 2. The van der Waals surface area contributed by atoms with E-state index in [-0.39, 0.29) is 5.91 Å². The van der Waals surface area contributed by atoms with Crippen molar-refractivity contribution >= 4 is 18.7 Å². The van der Waals surface area contributed by atoms with Crippen molar-refractivity contribution in [3.8, 4) is 0 Å². The summed E-state index contributed by atoms with van der Waals surface area (Å²) in [5.41, 5.74) is 0.678. The Kier molecular flexibility index (Phi) is 2.48. The molecule has 0 heterocycles. The average molecular weight is 154 g/mol. The molecule has 1 rings (SSSR count). The number of primary amides is 1. The van der Waals surface area contributed by atoms with Crippen molar-refractivity contribution in [2.24, 2.45) is 0 Å². The molecule has 0 atom stereocenters. The summed E-state index contributed by atoms with van der Waals surface area (Å²) in [6, 6.07) is 9.04. The van der Waals surface area contributed by atoms with Gasteiger partial charge in [0.15, 0.2) is 0 Å². The van der Waals surface area contributed by atoms with Crippen LogP contribution in [-0.2, 0) is 0 Å². The van der Waals surface area contributed by atoms with Crippen LogP contribution in [0.25, 0.3) is 0 Å². The van der Waals surface area contributed by atoms with Crippen molar-refractivity contribution < 1.29 is 9.52 Å². The van der Waals surface area contributed by atoms with Crippen molar-refractivity contribution in [3.63, 3.8) is 0 Å². The van der Waals surface area contributed by atoms with Crippen LogP contribution in [0.5, 0.6) is 0 Å². The topological polar surface area (TPSA) is 33.7 Å². The third-order valence-electron chi connectivity index (χ3n) is 1.18. The standard InChI is InChI=1S/C7H7NOS/c9-7(8-10)6-4-2-1-3-5-6/h1-5,10H,(H,8,9)/p+1. The Morgan fingerprint density at radius 1 is 1.30 bits per heavy atom. The molecular formula is C7H8NOS+. The van der Waals surface area contributed by atoms with Crippen LogP contribution in [0.15, 0.2) is 30.3 Å². The molecule has 2 N–H and O–H groups in total. The van der Waals surface area contributed by atoms with Crippen LogP contribution in [0.2, 0.25) is 0 Å². The molecule has 3 heteroatoms. The summed E-state index contributed by atoms with van der Waals surface area (Å²) in [7, 11) is 0. The third kappa shape index (κ3) is 1.59. The maximum absolute atomic E-state index is 10.9. The number of benzene rings is 1. The fourth-order valence-electron chi connectivity index (χ4n) is 0.677. The quantitative estimate of drug-likeness (QED) is 0.558. The zero-order chi connectivity index (χ0) is 7.40. The summed E-state index contributed by atoms with van der Waals surface area (Å²) in [4.78, 5) is 10.9. The fraction of sp³-hybridized carbons (Fsp3) is 0. The lowest BCUT2D eigenvalue weighted by atomic mass is 10.2. The van der Waals surface area contributed by atoms with Gasteiger partial charge < -0.3 is 0 Å². The van der Waals surface area contributed by atoms with Gasteiger partial charge in [-0.25, -0.2) is 9.52 Å². The minimum atomic E-state index is -0.0519. The summed E-state index contributed by atoms with van der Waals surface area (Å²) in [5.74, 6) is -0.0519. The minimum Gasteiger partial charge on any atom is -0.225 e. The van der Waals surface area contributed by atoms with E-state index in [2.05, 4.69) is 12.8 Å². The summed E-state index contributed by atoms with van der Waals surface area (Å²) in [6.45, 7) is 0. The van der Waals surface area contributed by atoms with Crippen molar-refractivity contribution in [1.29, 1.82) is 0 Å². The van der Waals surface area contributed by atoms with Gasteiger partial charge in [-0.3, -0.25) is 0 Å². The molecule has 10 heavy (non-hydrogen) atoms. The van der Waals surface area contributed by atoms with Crippen molar-refractivity contribution in [2.45, 2.75) is 0 Å². The van der Waals surface area contributed by atoms with E-state index in [1.165, 1.54) is 4.72 Å². The Bertz CT molecular complexity index is 222. The molecule has 52 valence electrons. The van der Waals surface area contributed by atoms with Gasteiger partial charge in [-0.1, -0.05) is 18.2 Å². The predicted octanol–water partition coefficient (Wildman–Crippen LogP) is 0.235. The second kappa shape index (κ2) is 3.39. The molecule has 0 saturated carbocycles. The van der Waals surface area contributed by atoms with E-state index in [4.69, 9.17) is 0 Å². The monoisotopic (exact) mass is 154 g/mol. The number of hydrogen-bond acceptors (Lipinski definition) is 2. The van der Waals surface area contributed by atoms with Gasteiger partial charge >= 0.3 is 5.91 Å². The highest BCUT2D eigenvalue weighted by Gasteiger charge is 2.04. The second-order valence-corrected chi connectivity index (χ2v) is 2.12. The number of rotatable bonds is 1. The molecule has 0 aliphatic rings. The number of quaternary nitrogens is 1. The Morgan fingerprint density at radius 2 is 1.90 bits per heavy atom. The molecule has 0 spiro atoms. The smallest absolute Gasteiger partial charge is 0.225 e. The minimum absolute atomic E-state index is 0.0519. The molecule has 0 saturated heterocycles. The highest BCUT2D eigenvalue weighted by Crippen LogP contribution is 1.94. The van der Waals surface area contributed by atoms with E-state index in [0.717, 1.165) is 0 Å². The lowest BCUT2D eigenvalue weighted by Gasteiger charge is -1.90. The van der Waals surface area contributed by atoms with Crippen molar-refractivity contribution in [3.05, 3.63) is 35.9 Å². The normalized spacial score (nSPS) is 9.30. The van der Waals surface area contributed by atoms with Gasteiger partial charge in [0.1, 0.15) is 0 Å². The molecule has 1 aromatic carbocycles. The van der Waals surface area contributed by atoms with Gasteiger partial charge in [0.05, 0.1) is 18.4 Å². The zero-order valence-electron chi connectivity index (χ0n) is 5.32. The molecule has 0 aliphatic heterocycles. The van der Waals surface area contributed by atoms with Crippen LogP contribution in [0.1, 0.15) is 10.4 Å². The Morgan fingerprint density at radius 3 is 2.40 bits per heavy atom. The third-order valence-corrected chi connectivity index (χ3v) is 1.41. The maximum Gasteiger partial charge on any atom is 0.353 e. The van der Waals surface area contributed by atoms with Gasteiger partial charge in [-0.15, -0.1) is 0 Å². The fourth-order valence-corrected chi connectivity index (χ4v) is 0.826. The first kappa shape index (κ1) is 7.31. The first-order valence-electron chi connectivity index (χ1n) is 2.91. The molecule has 0 fully saturated rings. The lowest BCUT2D eigenvalue weighted by molar-refractivity contribution is -0.362. The Balaban J connectivity index is 2.85. The summed E-state index contributed by atoms with van der Waals surface area (Å²) in [6.07, 6.45) is 0. The summed E-state index contributed by atoms with van der Waals surface area (Å²) >= 11 is 3.75. The van der Waals surface area contributed by atoms with Crippen LogP contribution < -0.4 is 4.72 Å². The molecule has 1 amide bonds. The molecule has 1 aromatic rings. The second-order valence-electron chi connectivity index (χ2n) is 1.86. The lowest BCUT2D eigenvalue weighted by Crippen LogP contribution is -2.77. The first-order valence-corrected chi connectivity index (χ1v) is 3.43. The molecule has 0 radical (unpaired) electrons. The van der Waals surface area contributed by atoms with Crippen LogP contribution in [0, 0.1) is 0 Å². The van der Waals surface area contributed by atoms with Gasteiger partial charge in [0.25, 0.3) is 0 Å². The molecule has 0 aliphatic carbocycles. The number of carbonyl (C=O) groups excluding carboxylic acids is 1. The largest absolute Gasteiger partial charge is 0.353 e. The number of amides is 1. The molecule has 0 bridgehead atoms. The number of thiol groups is 1. The van der Waals surface area contributed by atoms with E-state index in [1.54, 1.807) is 12.1 Å². The van der Waals surface area contributed by atoms with Crippen LogP contribution in [0.4, 0.5) is 0 Å². The van der Waals surface area contributed by atoms with Crippen LogP contribution >= 0.6 is 12.8 Å². The molecular weight excluding hydrogens is 146 g/mol. The van der Waals surface area contributed by atoms with Gasteiger partial charge in [0, 0.05) is 0 Å².